The molecule has 2 rings (SSSR count). The van der Waals surface area contributed by atoms with Gasteiger partial charge in [0, 0.05) is 12.3 Å². The standard InChI is InChI=1S/C19H28N2O4S/c1-5-24-15-8-7-14(11-16(15)25-6-2)18(13(3)4)20-17(22)12-21-9-10-26-19(21)23/h7-8,11,13,18H,5-6,9-10,12H2,1-4H3,(H,20,22)/t18-/m1/s1. The molecular weight excluding hydrogens is 352 g/mol. The summed E-state index contributed by atoms with van der Waals surface area (Å²) >= 11 is 1.26. The van der Waals surface area contributed by atoms with Gasteiger partial charge in [-0.2, -0.15) is 0 Å². The molecule has 0 saturated carbocycles. The average molecular weight is 381 g/mol. The summed E-state index contributed by atoms with van der Waals surface area (Å²) in [6.45, 7) is 9.79. The molecule has 7 heteroatoms. The highest BCUT2D eigenvalue weighted by atomic mass is 32.2. The van der Waals surface area contributed by atoms with Crippen molar-refractivity contribution in [1.82, 2.24) is 10.2 Å². The van der Waals surface area contributed by atoms with Crippen LogP contribution in [0.15, 0.2) is 18.2 Å². The highest BCUT2D eigenvalue weighted by Gasteiger charge is 2.26. The summed E-state index contributed by atoms with van der Waals surface area (Å²) in [4.78, 5) is 25.7. The number of ether oxygens (including phenoxy) is 2. The minimum Gasteiger partial charge on any atom is -0.490 e. The number of benzene rings is 1. The van der Waals surface area contributed by atoms with Crippen LogP contribution in [-0.4, -0.2) is 48.1 Å². The van der Waals surface area contributed by atoms with E-state index in [2.05, 4.69) is 19.2 Å². The lowest BCUT2D eigenvalue weighted by Crippen LogP contribution is -2.40. The largest absolute Gasteiger partial charge is 0.490 e. The van der Waals surface area contributed by atoms with E-state index in [-0.39, 0.29) is 29.7 Å². The lowest BCUT2D eigenvalue weighted by atomic mass is 9.95. The molecule has 1 aliphatic rings. The number of hydrogen-bond acceptors (Lipinski definition) is 5. The minimum absolute atomic E-state index is 0.0269. The van der Waals surface area contributed by atoms with Crippen LogP contribution in [0.3, 0.4) is 0 Å². The Kier molecular flexibility index (Phi) is 7.63. The second kappa shape index (κ2) is 9.71. The van der Waals surface area contributed by atoms with Gasteiger partial charge in [-0.25, -0.2) is 0 Å². The smallest absolute Gasteiger partial charge is 0.282 e. The molecular formula is C19H28N2O4S. The monoisotopic (exact) mass is 380 g/mol. The fourth-order valence-electron chi connectivity index (χ4n) is 2.86. The highest BCUT2D eigenvalue weighted by Crippen LogP contribution is 2.33. The van der Waals surface area contributed by atoms with Gasteiger partial charge < -0.3 is 19.7 Å². The zero-order chi connectivity index (χ0) is 19.1. The summed E-state index contributed by atoms with van der Waals surface area (Å²) in [6.07, 6.45) is 0. The van der Waals surface area contributed by atoms with Gasteiger partial charge in [-0.15, -0.1) is 0 Å². The van der Waals surface area contributed by atoms with E-state index in [9.17, 15) is 9.59 Å². The Labute approximate surface area is 159 Å². The van der Waals surface area contributed by atoms with Crippen LogP contribution in [0.2, 0.25) is 0 Å². The molecule has 1 heterocycles. The Morgan fingerprint density at radius 1 is 1.23 bits per heavy atom. The molecule has 6 nitrogen and oxygen atoms in total. The van der Waals surface area contributed by atoms with Gasteiger partial charge >= 0.3 is 0 Å². The van der Waals surface area contributed by atoms with Crippen molar-refractivity contribution in [2.45, 2.75) is 33.7 Å². The van der Waals surface area contributed by atoms with Crippen molar-refractivity contribution in [2.75, 3.05) is 32.1 Å². The predicted molar refractivity (Wildman–Crippen MR) is 104 cm³/mol. The first kappa shape index (κ1) is 20.4. The van der Waals surface area contributed by atoms with Gasteiger partial charge in [-0.1, -0.05) is 31.7 Å². The molecule has 1 N–H and O–H groups in total. The molecule has 2 amide bonds. The molecule has 0 unspecified atom stereocenters. The number of hydrogen-bond donors (Lipinski definition) is 1. The molecule has 0 radical (unpaired) electrons. The average Bonchev–Trinajstić information content (AvgIpc) is 2.99. The van der Waals surface area contributed by atoms with Gasteiger partial charge in [0.15, 0.2) is 11.5 Å². The van der Waals surface area contributed by atoms with Crippen molar-refractivity contribution in [2.24, 2.45) is 5.92 Å². The Balaban J connectivity index is 2.14. The highest BCUT2D eigenvalue weighted by molar-refractivity contribution is 8.13. The normalized spacial score (nSPS) is 15.3. The number of nitrogens with one attached hydrogen (secondary N) is 1. The van der Waals surface area contributed by atoms with Crippen molar-refractivity contribution in [3.8, 4) is 11.5 Å². The first-order valence-corrected chi connectivity index (χ1v) is 10.0. The van der Waals surface area contributed by atoms with Crippen LogP contribution in [-0.2, 0) is 4.79 Å². The van der Waals surface area contributed by atoms with Gasteiger partial charge in [0.05, 0.1) is 19.3 Å². The van der Waals surface area contributed by atoms with Gasteiger partial charge in [-0.05, 0) is 37.5 Å². The lowest BCUT2D eigenvalue weighted by Gasteiger charge is -2.25. The molecule has 0 aliphatic carbocycles. The molecule has 0 aromatic heterocycles. The molecule has 0 spiro atoms. The van der Waals surface area contributed by atoms with E-state index in [1.807, 2.05) is 32.0 Å². The Hall–Kier alpha value is -1.89. The summed E-state index contributed by atoms with van der Waals surface area (Å²) in [7, 11) is 0. The van der Waals surface area contributed by atoms with Gasteiger partial charge in [0.25, 0.3) is 5.24 Å². The van der Waals surface area contributed by atoms with Gasteiger partial charge in [0.2, 0.25) is 5.91 Å². The quantitative estimate of drug-likeness (QED) is 0.710. The van der Waals surface area contributed by atoms with E-state index in [1.54, 1.807) is 4.90 Å². The van der Waals surface area contributed by atoms with Crippen molar-refractivity contribution in [3.63, 3.8) is 0 Å². The van der Waals surface area contributed by atoms with Crippen molar-refractivity contribution in [3.05, 3.63) is 23.8 Å². The SMILES string of the molecule is CCOc1ccc([C@H](NC(=O)CN2CCSC2=O)C(C)C)cc1OCC. The Bertz CT molecular complexity index is 636. The summed E-state index contributed by atoms with van der Waals surface area (Å²) < 4.78 is 11.3. The van der Waals surface area contributed by atoms with E-state index in [1.165, 1.54) is 11.8 Å². The third-order valence-corrected chi connectivity index (χ3v) is 4.98. The number of amides is 2. The summed E-state index contributed by atoms with van der Waals surface area (Å²) in [5.74, 6) is 2.17. The van der Waals surface area contributed by atoms with Crippen LogP contribution >= 0.6 is 11.8 Å². The third-order valence-electron chi connectivity index (χ3n) is 4.09. The molecule has 1 saturated heterocycles. The number of rotatable bonds is 9. The summed E-state index contributed by atoms with van der Waals surface area (Å²) in [5.41, 5.74) is 0.961. The fourth-order valence-corrected chi connectivity index (χ4v) is 3.68. The van der Waals surface area contributed by atoms with Gasteiger partial charge in [-0.3, -0.25) is 9.59 Å². The first-order valence-electron chi connectivity index (χ1n) is 9.06. The van der Waals surface area contributed by atoms with Crippen molar-refractivity contribution >= 4 is 22.9 Å². The van der Waals surface area contributed by atoms with Crippen LogP contribution in [0.5, 0.6) is 11.5 Å². The van der Waals surface area contributed by atoms with Crippen LogP contribution in [0.1, 0.15) is 39.3 Å². The topological polar surface area (TPSA) is 67.9 Å². The molecule has 144 valence electrons. The van der Waals surface area contributed by atoms with Crippen LogP contribution < -0.4 is 14.8 Å². The van der Waals surface area contributed by atoms with E-state index >= 15 is 0 Å². The molecule has 0 bridgehead atoms. The van der Waals surface area contributed by atoms with E-state index < -0.39 is 0 Å². The summed E-state index contributed by atoms with van der Waals surface area (Å²) in [6, 6.07) is 5.60. The first-order chi connectivity index (χ1) is 12.5. The molecule has 1 aromatic rings. The van der Waals surface area contributed by atoms with E-state index in [4.69, 9.17) is 9.47 Å². The molecule has 26 heavy (non-hydrogen) atoms. The maximum atomic E-state index is 12.4. The maximum absolute atomic E-state index is 12.4. The Morgan fingerprint density at radius 3 is 2.50 bits per heavy atom. The minimum atomic E-state index is -0.164. The lowest BCUT2D eigenvalue weighted by molar-refractivity contribution is -0.122. The second-order valence-electron chi connectivity index (χ2n) is 6.40. The number of carbonyl (C=O) groups excluding carboxylic acids is 2. The summed E-state index contributed by atoms with van der Waals surface area (Å²) in [5, 5.41) is 3.04. The van der Waals surface area contributed by atoms with Crippen molar-refractivity contribution in [1.29, 1.82) is 0 Å². The van der Waals surface area contributed by atoms with Crippen molar-refractivity contribution < 1.29 is 19.1 Å². The van der Waals surface area contributed by atoms with Crippen LogP contribution in [0.25, 0.3) is 0 Å². The van der Waals surface area contributed by atoms with Crippen LogP contribution in [0.4, 0.5) is 4.79 Å². The fraction of sp³-hybridized carbons (Fsp3) is 0.579. The zero-order valence-electron chi connectivity index (χ0n) is 15.9. The number of thioether (sulfide) groups is 1. The Morgan fingerprint density at radius 2 is 1.92 bits per heavy atom. The molecule has 1 aromatic carbocycles. The number of nitrogens with zero attached hydrogens (tertiary/aromatic N) is 1. The predicted octanol–water partition coefficient (Wildman–Crippen LogP) is 3.47. The second-order valence-corrected chi connectivity index (χ2v) is 7.44. The molecule has 1 aliphatic heterocycles. The molecule has 1 atom stereocenters. The molecule has 1 fully saturated rings. The third kappa shape index (κ3) is 5.30. The zero-order valence-corrected chi connectivity index (χ0v) is 16.7. The van der Waals surface area contributed by atoms with E-state index in [0.717, 1.165) is 11.3 Å². The number of carbonyl (C=O) groups is 2. The van der Waals surface area contributed by atoms with Crippen LogP contribution in [0, 0.1) is 5.92 Å². The maximum Gasteiger partial charge on any atom is 0.282 e. The van der Waals surface area contributed by atoms with Gasteiger partial charge in [0.1, 0.15) is 6.54 Å². The van der Waals surface area contributed by atoms with E-state index in [0.29, 0.717) is 31.3 Å².